The van der Waals surface area contributed by atoms with E-state index in [1.165, 1.54) is 0 Å². The monoisotopic (exact) mass is 187 g/mol. The molecule has 4 nitrogen and oxygen atoms in total. The molecule has 0 aromatic carbocycles. The van der Waals surface area contributed by atoms with E-state index in [9.17, 15) is 9.59 Å². The van der Waals surface area contributed by atoms with E-state index in [1.807, 2.05) is 6.92 Å². The summed E-state index contributed by atoms with van der Waals surface area (Å²) < 4.78 is 0. The highest BCUT2D eigenvalue weighted by atomic mass is 16.4. The van der Waals surface area contributed by atoms with Gasteiger partial charge in [-0.1, -0.05) is 6.92 Å². The van der Waals surface area contributed by atoms with Crippen molar-refractivity contribution in [2.75, 3.05) is 0 Å². The molecule has 0 aliphatic carbocycles. The molecule has 0 fully saturated rings. The van der Waals surface area contributed by atoms with Crippen molar-refractivity contribution in [1.29, 1.82) is 0 Å². The molecule has 0 rings (SSSR count). The number of Topliss-reactive ketones (excluding diaryl/α,β-unsaturated/α-hetero) is 1. The molecule has 0 aromatic heterocycles. The smallest absolute Gasteiger partial charge is 0.303 e. The topological polar surface area (TPSA) is 80.4 Å². The third-order valence-electron chi connectivity index (χ3n) is 2.17. The van der Waals surface area contributed by atoms with Crippen LogP contribution < -0.4 is 5.73 Å². The van der Waals surface area contributed by atoms with Gasteiger partial charge in [0.15, 0.2) is 5.78 Å². The molecular formula is C9H17NO3. The van der Waals surface area contributed by atoms with Crippen molar-refractivity contribution < 1.29 is 14.7 Å². The fourth-order valence-corrected chi connectivity index (χ4v) is 0.883. The van der Waals surface area contributed by atoms with Gasteiger partial charge in [0.1, 0.15) is 0 Å². The Hall–Kier alpha value is -0.900. The Morgan fingerprint density at radius 1 is 1.38 bits per heavy atom. The molecule has 4 heteroatoms. The first-order chi connectivity index (χ1) is 5.90. The average molecular weight is 187 g/mol. The van der Waals surface area contributed by atoms with Gasteiger partial charge in [-0.3, -0.25) is 9.59 Å². The maximum atomic E-state index is 11.4. The zero-order valence-electron chi connectivity index (χ0n) is 8.17. The first-order valence-corrected chi connectivity index (χ1v) is 4.44. The molecule has 0 aromatic rings. The van der Waals surface area contributed by atoms with Gasteiger partial charge in [-0.15, -0.1) is 0 Å². The molecule has 0 saturated carbocycles. The molecule has 0 aliphatic heterocycles. The van der Waals surface area contributed by atoms with Crippen LogP contribution in [0, 0.1) is 0 Å². The van der Waals surface area contributed by atoms with E-state index in [2.05, 4.69) is 0 Å². The molecule has 0 amide bonds. The van der Waals surface area contributed by atoms with Crippen LogP contribution in [0.1, 0.15) is 39.5 Å². The number of ketones is 1. The Morgan fingerprint density at radius 2 is 1.92 bits per heavy atom. The lowest BCUT2D eigenvalue weighted by atomic mass is 9.91. The summed E-state index contributed by atoms with van der Waals surface area (Å²) in [5.41, 5.74) is 4.89. The number of carboxylic acid groups (broad SMARTS) is 1. The van der Waals surface area contributed by atoms with Crippen molar-refractivity contribution >= 4 is 11.8 Å². The van der Waals surface area contributed by atoms with E-state index in [-0.39, 0.29) is 18.6 Å². The highest BCUT2D eigenvalue weighted by Crippen LogP contribution is 2.11. The summed E-state index contributed by atoms with van der Waals surface area (Å²) in [6.45, 7) is 3.52. The third-order valence-corrected chi connectivity index (χ3v) is 2.17. The second-order valence-electron chi connectivity index (χ2n) is 3.44. The second-order valence-corrected chi connectivity index (χ2v) is 3.44. The van der Waals surface area contributed by atoms with Crippen molar-refractivity contribution in [3.8, 4) is 0 Å². The lowest BCUT2D eigenvalue weighted by Crippen LogP contribution is -2.44. The molecule has 0 bridgehead atoms. The minimum atomic E-state index is -0.872. The summed E-state index contributed by atoms with van der Waals surface area (Å²) in [4.78, 5) is 21.5. The lowest BCUT2D eigenvalue weighted by molar-refractivity contribution is -0.137. The fraction of sp³-hybridized carbons (Fsp3) is 0.778. The Morgan fingerprint density at radius 3 is 2.31 bits per heavy atom. The van der Waals surface area contributed by atoms with Crippen molar-refractivity contribution in [1.82, 2.24) is 0 Å². The zero-order chi connectivity index (χ0) is 10.5. The molecule has 1 atom stereocenters. The number of carbonyl (C=O) groups excluding carboxylic acids is 1. The van der Waals surface area contributed by atoms with Gasteiger partial charge in [-0.25, -0.2) is 0 Å². The number of carboxylic acids is 1. The predicted octanol–water partition coefficient (Wildman–Crippen LogP) is 0.938. The standard InChI is InChI=1S/C9H17NO3/c1-3-9(2,10)7(11)5-4-6-8(12)13/h3-6,10H2,1-2H3,(H,12,13)/t9-/m0/s1. The van der Waals surface area contributed by atoms with Gasteiger partial charge in [-0.05, 0) is 19.8 Å². The molecule has 0 spiro atoms. The SMILES string of the molecule is CC[C@](C)(N)C(=O)CCCC(=O)O. The minimum Gasteiger partial charge on any atom is -0.481 e. The molecule has 0 heterocycles. The van der Waals surface area contributed by atoms with Crippen LogP contribution in [0.15, 0.2) is 0 Å². The highest BCUT2D eigenvalue weighted by molar-refractivity contribution is 5.87. The Labute approximate surface area is 78.1 Å². The third kappa shape index (κ3) is 4.62. The molecule has 0 aliphatic rings. The first-order valence-electron chi connectivity index (χ1n) is 4.44. The van der Waals surface area contributed by atoms with Crippen LogP contribution >= 0.6 is 0 Å². The zero-order valence-corrected chi connectivity index (χ0v) is 8.17. The van der Waals surface area contributed by atoms with Crippen LogP contribution in [0.25, 0.3) is 0 Å². The maximum Gasteiger partial charge on any atom is 0.303 e. The summed E-state index contributed by atoms with van der Waals surface area (Å²) in [7, 11) is 0. The van der Waals surface area contributed by atoms with Crippen molar-refractivity contribution in [2.45, 2.75) is 45.1 Å². The lowest BCUT2D eigenvalue weighted by Gasteiger charge is -2.20. The van der Waals surface area contributed by atoms with Crippen LogP contribution in [-0.2, 0) is 9.59 Å². The minimum absolute atomic E-state index is 0.0333. The van der Waals surface area contributed by atoms with Gasteiger partial charge in [0, 0.05) is 12.8 Å². The quantitative estimate of drug-likeness (QED) is 0.648. The van der Waals surface area contributed by atoms with E-state index in [0.717, 1.165) is 0 Å². The molecule has 0 unspecified atom stereocenters. The van der Waals surface area contributed by atoms with E-state index in [4.69, 9.17) is 10.8 Å². The number of rotatable bonds is 6. The maximum absolute atomic E-state index is 11.4. The summed E-state index contributed by atoms with van der Waals surface area (Å²) in [6.07, 6.45) is 1.25. The predicted molar refractivity (Wildman–Crippen MR) is 49.4 cm³/mol. The number of hydrogen-bond donors (Lipinski definition) is 2. The number of aliphatic carboxylic acids is 1. The summed E-state index contributed by atoms with van der Waals surface area (Å²) >= 11 is 0. The van der Waals surface area contributed by atoms with E-state index in [1.54, 1.807) is 6.92 Å². The van der Waals surface area contributed by atoms with Gasteiger partial charge < -0.3 is 10.8 Å². The Bertz CT molecular complexity index is 199. The molecule has 0 saturated heterocycles. The average Bonchev–Trinajstić information content (AvgIpc) is 2.03. The van der Waals surface area contributed by atoms with Crippen LogP contribution in [0.5, 0.6) is 0 Å². The van der Waals surface area contributed by atoms with Crippen LogP contribution in [0.4, 0.5) is 0 Å². The van der Waals surface area contributed by atoms with Gasteiger partial charge in [0.25, 0.3) is 0 Å². The number of nitrogens with two attached hydrogens (primary N) is 1. The van der Waals surface area contributed by atoms with Crippen LogP contribution in [0.2, 0.25) is 0 Å². The highest BCUT2D eigenvalue weighted by Gasteiger charge is 2.24. The van der Waals surface area contributed by atoms with Crippen molar-refractivity contribution in [2.24, 2.45) is 5.73 Å². The van der Waals surface area contributed by atoms with Crippen molar-refractivity contribution in [3.63, 3.8) is 0 Å². The molecule has 13 heavy (non-hydrogen) atoms. The van der Waals surface area contributed by atoms with E-state index in [0.29, 0.717) is 12.8 Å². The normalized spacial score (nSPS) is 15.0. The number of hydrogen-bond acceptors (Lipinski definition) is 3. The van der Waals surface area contributed by atoms with E-state index < -0.39 is 11.5 Å². The summed E-state index contributed by atoms with van der Waals surface area (Å²) in [5.74, 6) is -0.931. The van der Waals surface area contributed by atoms with Crippen LogP contribution in [-0.4, -0.2) is 22.4 Å². The summed E-state index contributed by atoms with van der Waals surface area (Å²) in [6, 6.07) is 0. The molecular weight excluding hydrogens is 170 g/mol. The Balaban J connectivity index is 3.81. The van der Waals surface area contributed by atoms with Crippen LogP contribution in [0.3, 0.4) is 0 Å². The Kier molecular flexibility index (Phi) is 4.62. The molecule has 0 radical (unpaired) electrons. The van der Waals surface area contributed by atoms with Gasteiger partial charge in [0.05, 0.1) is 5.54 Å². The van der Waals surface area contributed by atoms with E-state index >= 15 is 0 Å². The second kappa shape index (κ2) is 4.97. The molecule has 76 valence electrons. The van der Waals surface area contributed by atoms with Crippen molar-refractivity contribution in [3.05, 3.63) is 0 Å². The fourth-order valence-electron chi connectivity index (χ4n) is 0.883. The van der Waals surface area contributed by atoms with Gasteiger partial charge in [0.2, 0.25) is 0 Å². The molecule has 3 N–H and O–H groups in total. The largest absolute Gasteiger partial charge is 0.481 e. The van der Waals surface area contributed by atoms with Gasteiger partial charge >= 0.3 is 5.97 Å². The number of carbonyl (C=O) groups is 2. The summed E-state index contributed by atoms with van der Waals surface area (Å²) in [5, 5.41) is 8.34. The van der Waals surface area contributed by atoms with Gasteiger partial charge in [-0.2, -0.15) is 0 Å². The first kappa shape index (κ1) is 12.1.